The number of hydrogen-bond donors (Lipinski definition) is 0. The van der Waals surface area contributed by atoms with Gasteiger partial charge in [-0.15, -0.1) is 11.3 Å². The molecule has 0 N–H and O–H groups in total. The van der Waals surface area contributed by atoms with E-state index in [0.717, 1.165) is 37.6 Å². The van der Waals surface area contributed by atoms with Gasteiger partial charge >= 0.3 is 0 Å². The Morgan fingerprint density at radius 2 is 1.48 bits per heavy atom. The van der Waals surface area contributed by atoms with E-state index >= 15 is 0 Å². The minimum Gasteiger partial charge on any atom is -0.497 e. The van der Waals surface area contributed by atoms with Gasteiger partial charge in [-0.1, -0.05) is 30.3 Å². The summed E-state index contributed by atoms with van der Waals surface area (Å²) in [5, 5.41) is 0.945. The van der Waals surface area contributed by atoms with Crippen LogP contribution in [0.5, 0.6) is 11.5 Å². The molecule has 27 heavy (non-hydrogen) atoms. The molecule has 0 aliphatic carbocycles. The first-order valence-electron chi connectivity index (χ1n) is 8.56. The highest BCUT2D eigenvalue weighted by atomic mass is 32.1. The summed E-state index contributed by atoms with van der Waals surface area (Å²) in [7, 11) is 3.29. The van der Waals surface area contributed by atoms with Gasteiger partial charge < -0.3 is 9.47 Å². The molecule has 4 aromatic rings. The lowest BCUT2D eigenvalue weighted by molar-refractivity contribution is 0.104. The van der Waals surface area contributed by atoms with Crippen LogP contribution in [0.15, 0.2) is 72.8 Å². The zero-order valence-electron chi connectivity index (χ0n) is 15.1. The molecule has 0 unspecified atom stereocenters. The summed E-state index contributed by atoms with van der Waals surface area (Å²) >= 11 is 1.60. The molecule has 1 heterocycles. The molecular formula is C23H18O3S. The Morgan fingerprint density at radius 1 is 0.815 bits per heavy atom. The Hall–Kier alpha value is -3.11. The maximum Gasteiger partial charge on any atom is 0.195 e. The van der Waals surface area contributed by atoms with E-state index in [4.69, 9.17) is 9.47 Å². The van der Waals surface area contributed by atoms with Crippen LogP contribution in [-0.4, -0.2) is 20.0 Å². The summed E-state index contributed by atoms with van der Waals surface area (Å²) in [6.07, 6.45) is 0. The Bertz CT molecular complexity index is 1100. The van der Waals surface area contributed by atoms with Gasteiger partial charge in [-0.25, -0.2) is 0 Å². The summed E-state index contributed by atoms with van der Waals surface area (Å²) in [6, 6.07) is 23.0. The molecule has 0 aliphatic rings. The maximum atomic E-state index is 13.3. The second-order valence-corrected chi connectivity index (χ2v) is 7.14. The van der Waals surface area contributed by atoms with Crippen LogP contribution in [-0.2, 0) is 0 Å². The number of fused-ring (bicyclic) bond motifs is 1. The van der Waals surface area contributed by atoms with Gasteiger partial charge in [0.25, 0.3) is 0 Å². The number of ether oxygens (including phenoxy) is 2. The van der Waals surface area contributed by atoms with E-state index in [1.807, 2.05) is 72.8 Å². The fourth-order valence-corrected chi connectivity index (χ4v) is 4.34. The van der Waals surface area contributed by atoms with Crippen LogP contribution < -0.4 is 9.47 Å². The van der Waals surface area contributed by atoms with Crippen molar-refractivity contribution in [1.82, 2.24) is 0 Å². The molecule has 0 fully saturated rings. The van der Waals surface area contributed by atoms with Crippen LogP contribution in [0.3, 0.4) is 0 Å². The molecule has 0 atom stereocenters. The smallest absolute Gasteiger partial charge is 0.195 e. The van der Waals surface area contributed by atoms with Crippen LogP contribution >= 0.6 is 11.3 Å². The van der Waals surface area contributed by atoms with Crippen molar-refractivity contribution < 1.29 is 14.3 Å². The first-order chi connectivity index (χ1) is 13.2. The van der Waals surface area contributed by atoms with Gasteiger partial charge in [-0.05, 0) is 48.0 Å². The molecule has 134 valence electrons. The molecule has 3 aromatic carbocycles. The van der Waals surface area contributed by atoms with Crippen LogP contribution in [0, 0.1) is 0 Å². The molecule has 4 heteroatoms. The molecule has 1 aromatic heterocycles. The Balaban J connectivity index is 1.94. The number of benzene rings is 3. The van der Waals surface area contributed by atoms with E-state index in [1.54, 1.807) is 25.6 Å². The molecule has 0 spiro atoms. The van der Waals surface area contributed by atoms with E-state index < -0.39 is 0 Å². The molecule has 0 bridgehead atoms. The summed E-state index contributed by atoms with van der Waals surface area (Å²) in [5.74, 6) is 1.60. The standard InChI is InChI=1S/C23H18O3S/c1-25-17-10-8-16(9-11-17)23-21(22(24)15-6-4-3-5-7-15)19-13-12-18(26-2)14-20(19)27-23/h3-14H,1-2H3. The fraction of sp³-hybridized carbons (Fsp3) is 0.0870. The number of rotatable bonds is 5. The lowest BCUT2D eigenvalue weighted by Crippen LogP contribution is -2.01. The number of ketones is 1. The van der Waals surface area contributed by atoms with Crippen molar-refractivity contribution >= 4 is 27.2 Å². The van der Waals surface area contributed by atoms with Gasteiger partial charge in [0.2, 0.25) is 0 Å². The van der Waals surface area contributed by atoms with Gasteiger partial charge in [-0.3, -0.25) is 4.79 Å². The number of thiophene rings is 1. The summed E-state index contributed by atoms with van der Waals surface area (Å²) < 4.78 is 11.6. The van der Waals surface area contributed by atoms with Gasteiger partial charge in [0.05, 0.1) is 14.2 Å². The van der Waals surface area contributed by atoms with Gasteiger partial charge in [0, 0.05) is 26.1 Å². The predicted octanol–water partition coefficient (Wildman–Crippen LogP) is 5.82. The molecule has 0 saturated heterocycles. The van der Waals surface area contributed by atoms with Crippen LogP contribution in [0.2, 0.25) is 0 Å². The third-order valence-corrected chi connectivity index (χ3v) is 5.71. The van der Waals surface area contributed by atoms with Gasteiger partial charge in [0.15, 0.2) is 5.78 Å². The molecule has 0 aliphatic heterocycles. The largest absolute Gasteiger partial charge is 0.497 e. The van der Waals surface area contributed by atoms with E-state index in [-0.39, 0.29) is 5.78 Å². The first kappa shape index (κ1) is 17.3. The van der Waals surface area contributed by atoms with Crippen LogP contribution in [0.25, 0.3) is 20.5 Å². The maximum absolute atomic E-state index is 13.3. The van der Waals surface area contributed by atoms with Crippen molar-refractivity contribution in [3.05, 3.63) is 83.9 Å². The highest BCUT2D eigenvalue weighted by molar-refractivity contribution is 7.22. The van der Waals surface area contributed by atoms with Crippen LogP contribution in [0.1, 0.15) is 15.9 Å². The molecule has 0 radical (unpaired) electrons. The lowest BCUT2D eigenvalue weighted by Gasteiger charge is -2.06. The fourth-order valence-electron chi connectivity index (χ4n) is 3.11. The summed E-state index contributed by atoms with van der Waals surface area (Å²) in [4.78, 5) is 14.3. The average molecular weight is 374 g/mol. The minimum atomic E-state index is 0.0258. The van der Waals surface area contributed by atoms with E-state index in [0.29, 0.717) is 5.56 Å². The Kier molecular flexibility index (Phi) is 4.65. The van der Waals surface area contributed by atoms with Crippen LogP contribution in [0.4, 0.5) is 0 Å². The van der Waals surface area contributed by atoms with Gasteiger partial charge in [0.1, 0.15) is 11.5 Å². The topological polar surface area (TPSA) is 35.5 Å². The highest BCUT2D eigenvalue weighted by Crippen LogP contribution is 2.41. The average Bonchev–Trinajstić information content (AvgIpc) is 3.12. The number of carbonyl (C=O) groups excluding carboxylic acids is 1. The van der Waals surface area contributed by atoms with Crippen molar-refractivity contribution in [2.45, 2.75) is 0 Å². The first-order valence-corrected chi connectivity index (χ1v) is 9.37. The van der Waals surface area contributed by atoms with Gasteiger partial charge in [-0.2, -0.15) is 0 Å². The van der Waals surface area contributed by atoms with E-state index in [9.17, 15) is 4.79 Å². The van der Waals surface area contributed by atoms with Crippen molar-refractivity contribution in [2.75, 3.05) is 14.2 Å². The monoisotopic (exact) mass is 374 g/mol. The number of methoxy groups -OCH3 is 2. The second-order valence-electron chi connectivity index (χ2n) is 6.09. The quantitative estimate of drug-likeness (QED) is 0.413. The van der Waals surface area contributed by atoms with E-state index in [1.165, 1.54) is 0 Å². The lowest BCUT2D eigenvalue weighted by atomic mass is 9.97. The molecule has 4 rings (SSSR count). The van der Waals surface area contributed by atoms with Crippen molar-refractivity contribution in [3.8, 4) is 21.9 Å². The zero-order chi connectivity index (χ0) is 18.8. The van der Waals surface area contributed by atoms with E-state index in [2.05, 4.69) is 0 Å². The minimum absolute atomic E-state index is 0.0258. The number of carbonyl (C=O) groups is 1. The number of hydrogen-bond acceptors (Lipinski definition) is 4. The van der Waals surface area contributed by atoms with Crippen molar-refractivity contribution in [1.29, 1.82) is 0 Å². The molecule has 0 saturated carbocycles. The summed E-state index contributed by atoms with van der Waals surface area (Å²) in [6.45, 7) is 0. The second kappa shape index (κ2) is 7.25. The molecular weight excluding hydrogens is 356 g/mol. The summed E-state index contributed by atoms with van der Waals surface area (Å²) in [5.41, 5.74) is 2.41. The Labute approximate surface area is 161 Å². The molecule has 3 nitrogen and oxygen atoms in total. The molecule has 0 amide bonds. The SMILES string of the molecule is COc1ccc(-c2sc3cc(OC)ccc3c2C(=O)c2ccccc2)cc1. The highest BCUT2D eigenvalue weighted by Gasteiger charge is 2.21. The van der Waals surface area contributed by atoms with Crippen molar-refractivity contribution in [2.24, 2.45) is 0 Å². The van der Waals surface area contributed by atoms with Crippen molar-refractivity contribution in [3.63, 3.8) is 0 Å². The third kappa shape index (κ3) is 3.20. The predicted molar refractivity (Wildman–Crippen MR) is 110 cm³/mol. The normalized spacial score (nSPS) is 10.7. The zero-order valence-corrected chi connectivity index (χ0v) is 15.9. The Morgan fingerprint density at radius 3 is 2.15 bits per heavy atom. The third-order valence-electron chi connectivity index (χ3n) is 4.51.